The fourth-order valence-corrected chi connectivity index (χ4v) is 6.88. The Kier molecular flexibility index (Phi) is 24.0. The molecule has 70 heavy (non-hydrogen) atoms. The van der Waals surface area contributed by atoms with Gasteiger partial charge in [-0.25, -0.2) is 0 Å². The summed E-state index contributed by atoms with van der Waals surface area (Å²) in [5.41, 5.74) is 0. The molecule has 0 aromatic heterocycles. The molecule has 0 N–H and O–H groups in total. The number of esters is 12. The van der Waals surface area contributed by atoms with Gasteiger partial charge in [0.15, 0.2) is 61.4 Å². The van der Waals surface area contributed by atoms with Crippen molar-refractivity contribution < 1.29 is 133 Å². The summed E-state index contributed by atoms with van der Waals surface area (Å²) in [4.78, 5) is 150. The molecule has 2 heterocycles. The Morgan fingerprint density at radius 2 is 0.671 bits per heavy atom. The molecular weight excluding hydrogens is 952 g/mol. The van der Waals surface area contributed by atoms with E-state index in [4.69, 9.17) is 75.8 Å². The molecule has 2 aliphatic rings. The molecule has 2 saturated heterocycles. The average Bonchev–Trinajstić information content (AvgIpc) is 3.20. The quantitative estimate of drug-likeness (QED) is 0.0867. The summed E-state index contributed by atoms with van der Waals surface area (Å²) in [7, 11) is 0. The third kappa shape index (κ3) is 20.2. The largest absolute Gasteiger partial charge is 0.463 e. The molecule has 0 aromatic rings. The maximum absolute atomic E-state index is 13.0. The first-order valence-corrected chi connectivity index (χ1v) is 21.1. The summed E-state index contributed by atoms with van der Waals surface area (Å²) in [6, 6.07) is 0. The van der Waals surface area contributed by atoms with Gasteiger partial charge < -0.3 is 75.8 Å². The van der Waals surface area contributed by atoms with Crippen LogP contribution in [-0.4, -0.2) is 184 Å². The lowest BCUT2D eigenvalue weighted by molar-refractivity contribution is -0.369. The number of rotatable bonds is 23. The topological polar surface area (TPSA) is 353 Å². The lowest BCUT2D eigenvalue weighted by Crippen LogP contribution is -2.68. The van der Waals surface area contributed by atoms with Crippen LogP contribution in [0.5, 0.6) is 0 Å². The van der Waals surface area contributed by atoms with Gasteiger partial charge in [0, 0.05) is 83.1 Å². The van der Waals surface area contributed by atoms with Crippen LogP contribution in [0.2, 0.25) is 0 Å². The van der Waals surface area contributed by atoms with E-state index in [0.29, 0.717) is 0 Å². The molecule has 28 heteroatoms. The Labute approximate surface area is 399 Å². The van der Waals surface area contributed by atoms with Crippen molar-refractivity contribution in [3.05, 3.63) is 0 Å². The molecule has 394 valence electrons. The molecule has 0 spiro atoms. The van der Waals surface area contributed by atoms with Gasteiger partial charge in [0.25, 0.3) is 0 Å². The Morgan fingerprint density at radius 3 is 1.06 bits per heavy atom. The first kappa shape index (κ1) is 59.6. The minimum absolute atomic E-state index is 0.720. The van der Waals surface area contributed by atoms with Gasteiger partial charge in [-0.3, -0.25) is 57.5 Å². The molecule has 0 bridgehead atoms. The first-order valence-electron chi connectivity index (χ1n) is 21.1. The summed E-state index contributed by atoms with van der Waals surface area (Å²) in [6.07, 6.45) is -27.0. The number of ether oxygens (including phenoxy) is 16. The van der Waals surface area contributed by atoms with E-state index in [1.165, 1.54) is 0 Å². The second kappa shape index (κ2) is 28.2. The van der Waals surface area contributed by atoms with Gasteiger partial charge in [0.2, 0.25) is 0 Å². The number of hydrogen-bond acceptors (Lipinski definition) is 28. The normalized spacial score (nSPS) is 25.5. The molecule has 0 aromatic carbocycles. The Balaban J connectivity index is 3.07. The highest BCUT2D eigenvalue weighted by molar-refractivity contribution is 5.71. The molecule has 14 atom stereocenters. The van der Waals surface area contributed by atoms with E-state index in [1.807, 2.05) is 0 Å². The van der Waals surface area contributed by atoms with Crippen molar-refractivity contribution in [1.82, 2.24) is 0 Å². The molecule has 2 fully saturated rings. The zero-order valence-electron chi connectivity index (χ0n) is 40.3. The van der Waals surface area contributed by atoms with Crippen molar-refractivity contribution in [2.24, 2.45) is 0 Å². The number of hydrogen-bond donors (Lipinski definition) is 0. The van der Waals surface area contributed by atoms with Gasteiger partial charge in [-0.05, 0) is 0 Å². The van der Waals surface area contributed by atoms with E-state index < -0.39 is 184 Å². The van der Waals surface area contributed by atoms with Crippen molar-refractivity contribution in [3.8, 4) is 0 Å². The van der Waals surface area contributed by atoms with Crippen LogP contribution < -0.4 is 0 Å². The van der Waals surface area contributed by atoms with E-state index in [9.17, 15) is 57.5 Å². The highest BCUT2D eigenvalue weighted by Crippen LogP contribution is 2.37. The maximum Gasteiger partial charge on any atom is 0.303 e. The van der Waals surface area contributed by atoms with E-state index in [1.54, 1.807) is 0 Å². The van der Waals surface area contributed by atoms with Crippen molar-refractivity contribution in [3.63, 3.8) is 0 Å². The van der Waals surface area contributed by atoms with Crippen LogP contribution in [0.15, 0.2) is 0 Å². The fourth-order valence-electron chi connectivity index (χ4n) is 6.88. The molecule has 28 nitrogen and oxygen atoms in total. The lowest BCUT2D eigenvalue weighted by Gasteiger charge is -2.49. The van der Waals surface area contributed by atoms with Crippen molar-refractivity contribution in [1.29, 1.82) is 0 Å². The third-order valence-electron chi connectivity index (χ3n) is 9.07. The zero-order chi connectivity index (χ0) is 53.2. The van der Waals surface area contributed by atoms with Crippen LogP contribution >= 0.6 is 0 Å². The van der Waals surface area contributed by atoms with Crippen LogP contribution in [0.1, 0.15) is 83.1 Å². The standard InChI is InChI=1S/C42H58O28/c1-17(43)55-13-29(59-21(5)47)33(61-23(7)49)34(30(60-22(6)48)14-56-18(2)44)69-41-40(66-28(12)54)38(64-26(10)52)36(32(68-41)16-58-20(4)46)70-42-39(65-27(11)53)37(63-25(9)51)35(62-24(8)50)31(67-42)15-57-19(3)45/h29-42H,13-16H2,1-12H3. The molecule has 0 amide bonds. The number of carbonyl (C=O) groups excluding carboxylic acids is 12. The Morgan fingerprint density at radius 1 is 0.343 bits per heavy atom. The predicted octanol–water partition coefficient (Wildman–Crippen LogP) is -1.09. The SMILES string of the molecule is CC(=O)OCC(OC(C)=O)C(OC(C)=O)C(OC1OC(COC(C)=O)C(OC2OC(COC(C)=O)C(OC(C)=O)C(OC(C)=O)C2OC(C)=O)C(OC(C)=O)C1OC(C)=O)C(COC(C)=O)OC(C)=O. The second-order valence-corrected chi connectivity index (χ2v) is 15.2. The highest BCUT2D eigenvalue weighted by atomic mass is 16.8. The average molecular weight is 1010 g/mol. The van der Waals surface area contributed by atoms with Crippen LogP contribution in [0.3, 0.4) is 0 Å². The monoisotopic (exact) mass is 1010 g/mol. The van der Waals surface area contributed by atoms with Gasteiger partial charge in [-0.2, -0.15) is 0 Å². The highest BCUT2D eigenvalue weighted by Gasteiger charge is 2.59. The maximum atomic E-state index is 13.0. The van der Waals surface area contributed by atoms with Crippen LogP contribution in [-0.2, 0) is 133 Å². The van der Waals surface area contributed by atoms with Crippen molar-refractivity contribution >= 4 is 71.6 Å². The second-order valence-electron chi connectivity index (χ2n) is 15.2. The first-order chi connectivity index (χ1) is 32.6. The van der Waals surface area contributed by atoms with Gasteiger partial charge in [-0.1, -0.05) is 0 Å². The lowest BCUT2D eigenvalue weighted by atomic mass is 9.95. The Hall–Kier alpha value is -6.52. The molecule has 2 rings (SSSR count). The van der Waals surface area contributed by atoms with Gasteiger partial charge >= 0.3 is 71.6 Å². The summed E-state index contributed by atoms with van der Waals surface area (Å²) in [5, 5.41) is 0. The summed E-state index contributed by atoms with van der Waals surface area (Å²) in [6.45, 7) is 8.01. The molecule has 14 unspecified atom stereocenters. The third-order valence-corrected chi connectivity index (χ3v) is 9.07. The number of carbonyl (C=O) groups is 12. The molecule has 0 aliphatic carbocycles. The van der Waals surface area contributed by atoms with Crippen LogP contribution in [0, 0.1) is 0 Å². The van der Waals surface area contributed by atoms with E-state index in [-0.39, 0.29) is 0 Å². The summed E-state index contributed by atoms with van der Waals surface area (Å²) in [5.74, 6) is -12.2. The summed E-state index contributed by atoms with van der Waals surface area (Å²) < 4.78 is 89.8. The molecule has 0 radical (unpaired) electrons. The minimum atomic E-state index is -2.20. The fraction of sp³-hybridized carbons (Fsp3) is 0.714. The van der Waals surface area contributed by atoms with E-state index >= 15 is 0 Å². The molecule has 0 saturated carbocycles. The Bertz CT molecular complexity index is 1910. The predicted molar refractivity (Wildman–Crippen MR) is 218 cm³/mol. The van der Waals surface area contributed by atoms with Gasteiger partial charge in [0.05, 0.1) is 0 Å². The smallest absolute Gasteiger partial charge is 0.303 e. The van der Waals surface area contributed by atoms with Crippen molar-refractivity contribution in [2.45, 2.75) is 169 Å². The van der Waals surface area contributed by atoms with E-state index in [0.717, 1.165) is 83.1 Å². The minimum Gasteiger partial charge on any atom is -0.463 e. The molecule has 2 aliphatic heterocycles. The van der Waals surface area contributed by atoms with Crippen molar-refractivity contribution in [2.75, 3.05) is 26.4 Å². The summed E-state index contributed by atoms with van der Waals surface area (Å²) >= 11 is 0. The van der Waals surface area contributed by atoms with Gasteiger partial charge in [-0.15, -0.1) is 0 Å². The van der Waals surface area contributed by atoms with Crippen LogP contribution in [0.25, 0.3) is 0 Å². The van der Waals surface area contributed by atoms with Crippen LogP contribution in [0.4, 0.5) is 0 Å². The molecular formula is C42H58O28. The van der Waals surface area contributed by atoms with E-state index in [2.05, 4.69) is 0 Å². The van der Waals surface area contributed by atoms with Gasteiger partial charge in [0.1, 0.15) is 50.8 Å². The zero-order valence-corrected chi connectivity index (χ0v) is 40.3.